The predicted octanol–water partition coefficient (Wildman–Crippen LogP) is 2.41. The second-order valence-corrected chi connectivity index (χ2v) is 7.03. The van der Waals surface area contributed by atoms with E-state index in [1.807, 2.05) is 0 Å². The quantitative estimate of drug-likeness (QED) is 0.845. The molecule has 0 spiro atoms. The van der Waals surface area contributed by atoms with Crippen LogP contribution < -0.4 is 5.32 Å². The number of piperidine rings is 1. The molecular formula is C16H28N2O. The number of fused-ring (bicyclic) bond motifs is 2. The molecule has 1 N–H and O–H groups in total. The van der Waals surface area contributed by atoms with Gasteiger partial charge in [0.05, 0.1) is 6.54 Å². The molecule has 2 bridgehead atoms. The molecule has 19 heavy (non-hydrogen) atoms. The maximum absolute atomic E-state index is 12.1. The molecule has 108 valence electrons. The van der Waals surface area contributed by atoms with Crippen molar-refractivity contribution in [2.75, 3.05) is 19.6 Å². The van der Waals surface area contributed by atoms with E-state index in [0.717, 1.165) is 30.8 Å². The fourth-order valence-corrected chi connectivity index (χ4v) is 4.63. The van der Waals surface area contributed by atoms with E-state index in [1.165, 1.54) is 44.9 Å². The van der Waals surface area contributed by atoms with Gasteiger partial charge in [-0.2, -0.15) is 0 Å². The van der Waals surface area contributed by atoms with Crippen molar-refractivity contribution in [2.24, 2.45) is 17.8 Å². The van der Waals surface area contributed by atoms with Gasteiger partial charge in [-0.05, 0) is 69.9 Å². The Morgan fingerprint density at radius 3 is 2.63 bits per heavy atom. The monoisotopic (exact) mass is 264 g/mol. The molecule has 3 rings (SSSR count). The molecule has 0 aromatic carbocycles. The second-order valence-electron chi connectivity index (χ2n) is 7.03. The van der Waals surface area contributed by atoms with Gasteiger partial charge in [0.15, 0.2) is 0 Å². The van der Waals surface area contributed by atoms with Crippen molar-refractivity contribution in [2.45, 2.75) is 57.9 Å². The minimum atomic E-state index is 0.247. The van der Waals surface area contributed by atoms with Crippen molar-refractivity contribution in [3.05, 3.63) is 0 Å². The maximum Gasteiger partial charge on any atom is 0.234 e. The Morgan fingerprint density at radius 1 is 1.21 bits per heavy atom. The molecule has 0 aromatic heterocycles. The average Bonchev–Trinajstić information content (AvgIpc) is 3.02. The van der Waals surface area contributed by atoms with Crippen molar-refractivity contribution in [1.82, 2.24) is 10.2 Å². The van der Waals surface area contributed by atoms with Gasteiger partial charge < -0.3 is 5.32 Å². The number of hydrogen-bond donors (Lipinski definition) is 1. The molecule has 1 amide bonds. The lowest BCUT2D eigenvalue weighted by molar-refractivity contribution is -0.123. The number of hydrogen-bond acceptors (Lipinski definition) is 2. The number of nitrogens with zero attached hydrogens (tertiary/aromatic N) is 1. The van der Waals surface area contributed by atoms with E-state index in [4.69, 9.17) is 0 Å². The molecule has 3 heteroatoms. The molecule has 2 saturated carbocycles. The van der Waals surface area contributed by atoms with E-state index in [9.17, 15) is 4.79 Å². The predicted molar refractivity (Wildman–Crippen MR) is 76.8 cm³/mol. The van der Waals surface area contributed by atoms with Gasteiger partial charge in [0.2, 0.25) is 5.91 Å². The summed E-state index contributed by atoms with van der Waals surface area (Å²) in [6.45, 7) is 5.05. The van der Waals surface area contributed by atoms with Gasteiger partial charge in [0.25, 0.3) is 0 Å². The van der Waals surface area contributed by atoms with Crippen LogP contribution in [0.2, 0.25) is 0 Å². The SMILES string of the molecule is C[C@H](NC(=O)CN1CCCCC1)[C@@H]1C[C@H]2CC[C@H]1C2. The molecule has 3 aliphatic rings. The van der Waals surface area contributed by atoms with Crippen LogP contribution in [0.15, 0.2) is 0 Å². The van der Waals surface area contributed by atoms with Crippen LogP contribution in [0.1, 0.15) is 51.9 Å². The molecule has 4 atom stereocenters. The fourth-order valence-electron chi connectivity index (χ4n) is 4.63. The van der Waals surface area contributed by atoms with Crippen molar-refractivity contribution < 1.29 is 4.79 Å². The summed E-state index contributed by atoms with van der Waals surface area (Å²) in [7, 11) is 0. The molecule has 1 heterocycles. The second kappa shape index (κ2) is 5.82. The number of carbonyl (C=O) groups is 1. The van der Waals surface area contributed by atoms with Gasteiger partial charge in [-0.3, -0.25) is 9.69 Å². The highest BCUT2D eigenvalue weighted by molar-refractivity contribution is 5.78. The Hall–Kier alpha value is -0.570. The van der Waals surface area contributed by atoms with Crippen LogP contribution in [-0.4, -0.2) is 36.5 Å². The average molecular weight is 264 g/mol. The van der Waals surface area contributed by atoms with Gasteiger partial charge in [0.1, 0.15) is 0 Å². The van der Waals surface area contributed by atoms with Crippen LogP contribution in [0.5, 0.6) is 0 Å². The van der Waals surface area contributed by atoms with E-state index in [2.05, 4.69) is 17.1 Å². The summed E-state index contributed by atoms with van der Waals surface area (Å²) in [6.07, 6.45) is 9.48. The Bertz CT molecular complexity index is 325. The minimum Gasteiger partial charge on any atom is -0.352 e. The first-order valence-corrected chi connectivity index (χ1v) is 8.24. The molecule has 2 aliphatic carbocycles. The van der Waals surface area contributed by atoms with Gasteiger partial charge in [-0.25, -0.2) is 0 Å². The van der Waals surface area contributed by atoms with Crippen LogP contribution >= 0.6 is 0 Å². The summed E-state index contributed by atoms with van der Waals surface area (Å²) < 4.78 is 0. The van der Waals surface area contributed by atoms with Crippen LogP contribution in [0.4, 0.5) is 0 Å². The summed E-state index contributed by atoms with van der Waals surface area (Å²) in [5, 5.41) is 3.27. The molecule has 0 unspecified atom stereocenters. The first kappa shape index (κ1) is 13.4. The third-order valence-corrected chi connectivity index (χ3v) is 5.64. The number of amides is 1. The zero-order valence-electron chi connectivity index (χ0n) is 12.2. The van der Waals surface area contributed by atoms with Crippen LogP contribution in [-0.2, 0) is 4.79 Å². The van der Waals surface area contributed by atoms with Crippen LogP contribution in [0.3, 0.4) is 0 Å². The smallest absolute Gasteiger partial charge is 0.234 e. The third kappa shape index (κ3) is 3.13. The number of likely N-dealkylation sites (tertiary alicyclic amines) is 1. The summed E-state index contributed by atoms with van der Waals surface area (Å²) in [5.41, 5.74) is 0. The lowest BCUT2D eigenvalue weighted by Gasteiger charge is -2.30. The van der Waals surface area contributed by atoms with Crippen LogP contribution in [0.25, 0.3) is 0 Å². The largest absolute Gasteiger partial charge is 0.352 e. The molecular weight excluding hydrogens is 236 g/mol. The molecule has 0 radical (unpaired) electrons. The van der Waals surface area contributed by atoms with E-state index in [1.54, 1.807) is 0 Å². The maximum atomic E-state index is 12.1. The van der Waals surface area contributed by atoms with Gasteiger partial charge in [0, 0.05) is 6.04 Å². The Morgan fingerprint density at radius 2 is 2.00 bits per heavy atom. The molecule has 0 aromatic rings. The van der Waals surface area contributed by atoms with Gasteiger partial charge in [-0.1, -0.05) is 12.8 Å². The first-order chi connectivity index (χ1) is 9.22. The molecule has 1 saturated heterocycles. The normalized spacial score (nSPS) is 36.4. The summed E-state index contributed by atoms with van der Waals surface area (Å²) in [5.74, 6) is 2.87. The van der Waals surface area contributed by atoms with Crippen molar-refractivity contribution in [1.29, 1.82) is 0 Å². The van der Waals surface area contributed by atoms with E-state index >= 15 is 0 Å². The van der Waals surface area contributed by atoms with E-state index in [0.29, 0.717) is 12.6 Å². The molecule has 3 fully saturated rings. The Balaban J connectivity index is 1.43. The lowest BCUT2D eigenvalue weighted by atomic mass is 9.84. The Kier molecular flexibility index (Phi) is 4.11. The number of carbonyl (C=O) groups excluding carboxylic acids is 1. The topological polar surface area (TPSA) is 32.3 Å². The van der Waals surface area contributed by atoms with Gasteiger partial charge >= 0.3 is 0 Å². The van der Waals surface area contributed by atoms with Crippen molar-refractivity contribution >= 4 is 5.91 Å². The zero-order chi connectivity index (χ0) is 13.2. The molecule has 3 nitrogen and oxygen atoms in total. The highest BCUT2D eigenvalue weighted by Crippen LogP contribution is 2.49. The highest BCUT2D eigenvalue weighted by Gasteiger charge is 2.42. The third-order valence-electron chi connectivity index (χ3n) is 5.64. The number of nitrogens with one attached hydrogen (secondary N) is 1. The summed E-state index contributed by atoms with van der Waals surface area (Å²) in [4.78, 5) is 14.4. The number of rotatable bonds is 4. The molecule has 1 aliphatic heterocycles. The first-order valence-electron chi connectivity index (χ1n) is 8.24. The minimum absolute atomic E-state index is 0.247. The lowest BCUT2D eigenvalue weighted by Crippen LogP contribution is -2.45. The summed E-state index contributed by atoms with van der Waals surface area (Å²) in [6, 6.07) is 0.382. The highest BCUT2D eigenvalue weighted by atomic mass is 16.2. The fraction of sp³-hybridized carbons (Fsp3) is 0.938. The van der Waals surface area contributed by atoms with Gasteiger partial charge in [-0.15, -0.1) is 0 Å². The Labute approximate surface area is 117 Å². The van der Waals surface area contributed by atoms with Crippen molar-refractivity contribution in [3.8, 4) is 0 Å². The zero-order valence-corrected chi connectivity index (χ0v) is 12.2. The standard InChI is InChI=1S/C16H28N2O/c1-12(15-10-13-5-6-14(15)9-13)17-16(19)11-18-7-3-2-4-8-18/h12-15H,2-11H2,1H3,(H,17,19)/t12-,13-,14-,15-/m0/s1. The van der Waals surface area contributed by atoms with Crippen molar-refractivity contribution in [3.63, 3.8) is 0 Å². The summed E-state index contributed by atoms with van der Waals surface area (Å²) >= 11 is 0. The van der Waals surface area contributed by atoms with E-state index in [-0.39, 0.29) is 5.91 Å². The van der Waals surface area contributed by atoms with E-state index < -0.39 is 0 Å². The van der Waals surface area contributed by atoms with Crippen LogP contribution in [0, 0.1) is 17.8 Å².